The number of benzene rings is 2. The molecule has 2 amide bonds. The summed E-state index contributed by atoms with van der Waals surface area (Å²) in [4.78, 5) is 34.0. The number of nitrogens with one attached hydrogen (secondary N) is 3. The van der Waals surface area contributed by atoms with Gasteiger partial charge in [-0.1, -0.05) is 0 Å². The summed E-state index contributed by atoms with van der Waals surface area (Å²) in [5.41, 5.74) is 2.29. The molecule has 2 aromatic carbocycles. The van der Waals surface area contributed by atoms with Crippen LogP contribution in [-0.4, -0.2) is 23.8 Å². The van der Waals surface area contributed by atoms with Crippen molar-refractivity contribution in [1.29, 1.82) is 0 Å². The summed E-state index contributed by atoms with van der Waals surface area (Å²) in [5.74, 6) is -0.644. The zero-order chi connectivity index (χ0) is 18.6. The number of amides is 2. The largest absolute Gasteiger partial charge is 0.383 e. The predicted molar refractivity (Wildman–Crippen MR) is 96.1 cm³/mol. The Morgan fingerprint density at radius 1 is 1.04 bits per heavy atom. The third-order valence-corrected chi connectivity index (χ3v) is 3.52. The minimum absolute atomic E-state index is 0.174. The first-order valence-electron chi connectivity index (χ1n) is 7.47. The van der Waals surface area contributed by atoms with Gasteiger partial charge in [0.25, 0.3) is 11.6 Å². The summed E-state index contributed by atoms with van der Waals surface area (Å²) in [6.07, 6.45) is 0. The van der Waals surface area contributed by atoms with Gasteiger partial charge in [0, 0.05) is 37.0 Å². The van der Waals surface area contributed by atoms with E-state index < -0.39 is 10.8 Å². The zero-order valence-electron chi connectivity index (χ0n) is 14.0. The van der Waals surface area contributed by atoms with Crippen molar-refractivity contribution in [2.75, 3.05) is 23.0 Å². The Bertz CT molecular complexity index is 849. The molecule has 0 aliphatic rings. The molecule has 0 aliphatic carbocycles. The predicted octanol–water partition coefficient (Wildman–Crippen LogP) is 3.16. The molecule has 0 atom stereocenters. The first-order chi connectivity index (χ1) is 11.8. The quantitative estimate of drug-likeness (QED) is 0.570. The summed E-state index contributed by atoms with van der Waals surface area (Å²) in [7, 11) is 1.57. The lowest BCUT2D eigenvalue weighted by molar-refractivity contribution is -0.384. The Morgan fingerprint density at radius 2 is 1.72 bits per heavy atom. The topological polar surface area (TPSA) is 113 Å². The van der Waals surface area contributed by atoms with Gasteiger partial charge in [0.1, 0.15) is 5.69 Å². The molecule has 130 valence electrons. The minimum atomic E-state index is -0.547. The summed E-state index contributed by atoms with van der Waals surface area (Å²) >= 11 is 0. The Labute approximate surface area is 144 Å². The molecular formula is C17H18N4O4. The number of hydrogen-bond donors (Lipinski definition) is 3. The Hall–Kier alpha value is -3.42. The van der Waals surface area contributed by atoms with Crippen LogP contribution in [0.2, 0.25) is 0 Å². The zero-order valence-corrected chi connectivity index (χ0v) is 14.0. The van der Waals surface area contributed by atoms with Gasteiger partial charge in [-0.3, -0.25) is 19.7 Å². The van der Waals surface area contributed by atoms with Crippen LogP contribution in [0.4, 0.5) is 22.7 Å². The number of hydrogen-bond acceptors (Lipinski definition) is 5. The van der Waals surface area contributed by atoms with Crippen LogP contribution < -0.4 is 16.0 Å². The maximum absolute atomic E-state index is 12.3. The van der Waals surface area contributed by atoms with E-state index in [1.54, 1.807) is 32.2 Å². The van der Waals surface area contributed by atoms with Crippen LogP contribution in [0.3, 0.4) is 0 Å². The highest BCUT2D eigenvalue weighted by Gasteiger charge is 2.17. The lowest BCUT2D eigenvalue weighted by atomic mass is 10.1. The second kappa shape index (κ2) is 7.43. The maximum Gasteiger partial charge on any atom is 0.293 e. The molecule has 0 unspecified atom stereocenters. The molecule has 0 spiro atoms. The van der Waals surface area contributed by atoms with Crippen molar-refractivity contribution in [2.45, 2.75) is 13.8 Å². The Balaban J connectivity index is 2.22. The van der Waals surface area contributed by atoms with E-state index in [2.05, 4.69) is 16.0 Å². The molecule has 8 heteroatoms. The van der Waals surface area contributed by atoms with Crippen LogP contribution in [0.1, 0.15) is 22.8 Å². The van der Waals surface area contributed by atoms with Crippen molar-refractivity contribution < 1.29 is 14.5 Å². The fourth-order valence-electron chi connectivity index (χ4n) is 2.31. The van der Waals surface area contributed by atoms with Crippen molar-refractivity contribution in [3.63, 3.8) is 0 Å². The Kier molecular flexibility index (Phi) is 5.33. The maximum atomic E-state index is 12.3. The number of rotatable bonds is 5. The van der Waals surface area contributed by atoms with Gasteiger partial charge in [-0.2, -0.15) is 0 Å². The SMILES string of the molecule is CNc1ccc(C(=O)Nc2ccc(NC(C)=O)c(C)c2)cc1[N+](=O)[O-]. The average molecular weight is 342 g/mol. The van der Waals surface area contributed by atoms with Crippen molar-refractivity contribution in [1.82, 2.24) is 0 Å². The van der Waals surface area contributed by atoms with E-state index in [-0.39, 0.29) is 17.2 Å². The van der Waals surface area contributed by atoms with Crippen LogP contribution in [-0.2, 0) is 4.79 Å². The summed E-state index contributed by atoms with van der Waals surface area (Å²) in [6.45, 7) is 3.21. The molecule has 0 aliphatic heterocycles. The van der Waals surface area contributed by atoms with Crippen molar-refractivity contribution >= 4 is 34.6 Å². The van der Waals surface area contributed by atoms with E-state index in [1.165, 1.54) is 25.1 Å². The van der Waals surface area contributed by atoms with E-state index in [9.17, 15) is 19.7 Å². The average Bonchev–Trinajstić information content (AvgIpc) is 2.56. The van der Waals surface area contributed by atoms with Crippen LogP contribution in [0, 0.1) is 17.0 Å². The molecule has 3 N–H and O–H groups in total. The third kappa shape index (κ3) is 4.31. The van der Waals surface area contributed by atoms with Gasteiger partial charge >= 0.3 is 0 Å². The first kappa shape index (κ1) is 17.9. The third-order valence-electron chi connectivity index (χ3n) is 3.52. The fourth-order valence-corrected chi connectivity index (χ4v) is 2.31. The number of carbonyl (C=O) groups excluding carboxylic acids is 2. The normalized spacial score (nSPS) is 10.0. The van der Waals surface area contributed by atoms with E-state index >= 15 is 0 Å². The molecule has 0 bridgehead atoms. The highest BCUT2D eigenvalue weighted by atomic mass is 16.6. The lowest BCUT2D eigenvalue weighted by Crippen LogP contribution is -2.13. The molecule has 0 saturated heterocycles. The molecule has 25 heavy (non-hydrogen) atoms. The number of carbonyl (C=O) groups is 2. The first-order valence-corrected chi connectivity index (χ1v) is 7.47. The van der Waals surface area contributed by atoms with E-state index in [0.717, 1.165) is 5.56 Å². The molecule has 0 aromatic heterocycles. The van der Waals surface area contributed by atoms with Gasteiger partial charge in [0.05, 0.1) is 4.92 Å². The van der Waals surface area contributed by atoms with E-state index in [4.69, 9.17) is 0 Å². The molecule has 0 saturated carbocycles. The van der Waals surface area contributed by atoms with Gasteiger partial charge < -0.3 is 16.0 Å². The van der Waals surface area contributed by atoms with E-state index in [1.807, 2.05) is 0 Å². The van der Waals surface area contributed by atoms with Crippen LogP contribution >= 0.6 is 0 Å². The molecule has 0 radical (unpaired) electrons. The Morgan fingerprint density at radius 3 is 2.28 bits per heavy atom. The molecule has 2 rings (SSSR count). The molecular weight excluding hydrogens is 324 g/mol. The summed E-state index contributed by atoms with van der Waals surface area (Å²) < 4.78 is 0. The highest BCUT2D eigenvalue weighted by Crippen LogP contribution is 2.26. The van der Waals surface area contributed by atoms with Crippen LogP contribution in [0.25, 0.3) is 0 Å². The second-order valence-electron chi connectivity index (χ2n) is 5.40. The van der Waals surface area contributed by atoms with Gasteiger partial charge in [-0.25, -0.2) is 0 Å². The summed E-state index contributed by atoms with van der Waals surface area (Å²) in [5, 5.41) is 19.2. The number of nitro benzene ring substituents is 1. The standard InChI is InChI=1S/C17H18N4O4/c1-10-8-13(5-7-14(10)19-11(2)22)20-17(23)12-4-6-15(18-3)16(9-12)21(24)25/h4-9,18H,1-3H3,(H,19,22)(H,20,23). The molecule has 2 aromatic rings. The second-order valence-corrected chi connectivity index (χ2v) is 5.40. The smallest absolute Gasteiger partial charge is 0.293 e. The van der Waals surface area contributed by atoms with Gasteiger partial charge in [-0.05, 0) is 42.8 Å². The number of anilines is 3. The number of nitro groups is 1. The van der Waals surface area contributed by atoms with Gasteiger partial charge in [-0.15, -0.1) is 0 Å². The van der Waals surface area contributed by atoms with Crippen LogP contribution in [0.5, 0.6) is 0 Å². The van der Waals surface area contributed by atoms with Crippen molar-refractivity contribution in [2.24, 2.45) is 0 Å². The molecule has 0 heterocycles. The van der Waals surface area contributed by atoms with Crippen LogP contribution in [0.15, 0.2) is 36.4 Å². The van der Waals surface area contributed by atoms with E-state index in [0.29, 0.717) is 17.1 Å². The minimum Gasteiger partial charge on any atom is -0.383 e. The fraction of sp³-hybridized carbons (Fsp3) is 0.176. The highest BCUT2D eigenvalue weighted by molar-refractivity contribution is 6.05. The molecule has 8 nitrogen and oxygen atoms in total. The number of nitrogens with zero attached hydrogens (tertiary/aromatic N) is 1. The summed E-state index contributed by atoms with van der Waals surface area (Å²) in [6, 6.07) is 9.25. The van der Waals surface area contributed by atoms with Gasteiger partial charge in [0.2, 0.25) is 5.91 Å². The monoisotopic (exact) mass is 342 g/mol. The van der Waals surface area contributed by atoms with Crippen molar-refractivity contribution in [3.05, 3.63) is 57.6 Å². The lowest BCUT2D eigenvalue weighted by Gasteiger charge is -2.10. The number of aryl methyl sites for hydroxylation is 1. The van der Waals surface area contributed by atoms with Gasteiger partial charge in [0.15, 0.2) is 0 Å². The van der Waals surface area contributed by atoms with Crippen molar-refractivity contribution in [3.8, 4) is 0 Å². The molecule has 0 fully saturated rings.